The van der Waals surface area contributed by atoms with Gasteiger partial charge in [0.15, 0.2) is 0 Å². The van der Waals surface area contributed by atoms with E-state index in [9.17, 15) is 0 Å². The standard InChI is InChI=1S/C14H22N2OS/c1-2-5-16-13(14-11-18-8-7-17-14)9-12-4-3-6-15-10-12/h3-4,6,10,13-14,16H,2,5,7-9,11H2,1H3. The van der Waals surface area contributed by atoms with Gasteiger partial charge in [0.05, 0.1) is 12.7 Å². The Balaban J connectivity index is 1.95. The van der Waals surface area contributed by atoms with Crippen LogP contribution in [0.5, 0.6) is 0 Å². The van der Waals surface area contributed by atoms with E-state index in [-0.39, 0.29) is 0 Å². The van der Waals surface area contributed by atoms with Gasteiger partial charge in [-0.3, -0.25) is 4.98 Å². The molecule has 4 heteroatoms. The van der Waals surface area contributed by atoms with E-state index in [2.05, 4.69) is 23.3 Å². The number of nitrogens with zero attached hydrogens (tertiary/aromatic N) is 1. The molecule has 3 nitrogen and oxygen atoms in total. The Bertz CT molecular complexity index is 328. The van der Waals surface area contributed by atoms with Crippen LogP contribution in [-0.2, 0) is 11.2 Å². The first kappa shape index (κ1) is 13.8. The fourth-order valence-corrected chi connectivity index (χ4v) is 3.12. The molecule has 0 spiro atoms. The van der Waals surface area contributed by atoms with Crippen LogP contribution in [-0.4, -0.2) is 41.8 Å². The van der Waals surface area contributed by atoms with Gasteiger partial charge in [-0.05, 0) is 31.0 Å². The van der Waals surface area contributed by atoms with E-state index in [0.717, 1.165) is 37.5 Å². The van der Waals surface area contributed by atoms with Crippen LogP contribution in [0.25, 0.3) is 0 Å². The molecule has 1 aromatic rings. The first-order valence-electron chi connectivity index (χ1n) is 6.71. The van der Waals surface area contributed by atoms with Crippen molar-refractivity contribution in [3.05, 3.63) is 30.1 Å². The van der Waals surface area contributed by atoms with E-state index in [1.54, 1.807) is 0 Å². The fourth-order valence-electron chi connectivity index (χ4n) is 2.18. The molecule has 1 aliphatic heterocycles. The summed E-state index contributed by atoms with van der Waals surface area (Å²) in [5.41, 5.74) is 1.28. The zero-order chi connectivity index (χ0) is 12.6. The Morgan fingerprint density at radius 1 is 1.61 bits per heavy atom. The molecule has 2 rings (SSSR count). The second-order valence-electron chi connectivity index (χ2n) is 4.61. The van der Waals surface area contributed by atoms with Gasteiger partial charge in [-0.2, -0.15) is 11.8 Å². The number of aromatic nitrogens is 1. The van der Waals surface area contributed by atoms with Crippen molar-refractivity contribution in [1.82, 2.24) is 10.3 Å². The van der Waals surface area contributed by atoms with Crippen LogP contribution in [0.3, 0.4) is 0 Å². The molecule has 2 unspecified atom stereocenters. The van der Waals surface area contributed by atoms with Crippen molar-refractivity contribution < 1.29 is 4.74 Å². The lowest BCUT2D eigenvalue weighted by molar-refractivity contribution is 0.0472. The number of hydrogen-bond acceptors (Lipinski definition) is 4. The fraction of sp³-hybridized carbons (Fsp3) is 0.643. The third kappa shape index (κ3) is 4.26. The summed E-state index contributed by atoms with van der Waals surface area (Å²) in [6.07, 6.45) is 6.26. The minimum Gasteiger partial charge on any atom is -0.375 e. The molecule has 0 bridgehead atoms. The van der Waals surface area contributed by atoms with Crippen LogP contribution < -0.4 is 5.32 Å². The van der Waals surface area contributed by atoms with E-state index >= 15 is 0 Å². The zero-order valence-electron chi connectivity index (χ0n) is 11.0. The maximum Gasteiger partial charge on any atom is 0.0821 e. The summed E-state index contributed by atoms with van der Waals surface area (Å²) in [6, 6.07) is 4.55. The molecule has 2 heterocycles. The van der Waals surface area contributed by atoms with Crippen molar-refractivity contribution in [3.8, 4) is 0 Å². The van der Waals surface area contributed by atoms with E-state index in [0.29, 0.717) is 12.1 Å². The van der Waals surface area contributed by atoms with Crippen LogP contribution in [0.1, 0.15) is 18.9 Å². The maximum absolute atomic E-state index is 5.91. The number of hydrogen-bond donors (Lipinski definition) is 1. The maximum atomic E-state index is 5.91. The van der Waals surface area contributed by atoms with Crippen molar-refractivity contribution in [3.63, 3.8) is 0 Å². The smallest absolute Gasteiger partial charge is 0.0821 e. The molecule has 0 radical (unpaired) electrons. The lowest BCUT2D eigenvalue weighted by Crippen LogP contribution is -2.46. The molecular formula is C14H22N2OS. The molecule has 0 amide bonds. The van der Waals surface area contributed by atoms with Crippen molar-refractivity contribution in [1.29, 1.82) is 0 Å². The monoisotopic (exact) mass is 266 g/mol. The van der Waals surface area contributed by atoms with Crippen molar-refractivity contribution in [2.45, 2.75) is 31.9 Å². The Hall–Kier alpha value is -0.580. The molecule has 2 atom stereocenters. The predicted octanol–water partition coefficient (Wildman–Crippen LogP) is 2.12. The molecule has 1 fully saturated rings. The Labute approximate surface area is 114 Å². The highest BCUT2D eigenvalue weighted by Crippen LogP contribution is 2.18. The van der Waals surface area contributed by atoms with Crippen molar-refractivity contribution in [2.24, 2.45) is 0 Å². The van der Waals surface area contributed by atoms with Gasteiger partial charge >= 0.3 is 0 Å². The van der Waals surface area contributed by atoms with Gasteiger partial charge in [0.2, 0.25) is 0 Å². The minimum atomic E-state index is 0.329. The largest absolute Gasteiger partial charge is 0.375 e. The van der Waals surface area contributed by atoms with Crippen LogP contribution >= 0.6 is 11.8 Å². The van der Waals surface area contributed by atoms with Gasteiger partial charge in [-0.25, -0.2) is 0 Å². The summed E-state index contributed by atoms with van der Waals surface area (Å²) in [6.45, 7) is 4.13. The van der Waals surface area contributed by atoms with Crippen LogP contribution in [0.2, 0.25) is 0 Å². The van der Waals surface area contributed by atoms with E-state index < -0.39 is 0 Å². The highest BCUT2D eigenvalue weighted by Gasteiger charge is 2.24. The molecular weight excluding hydrogens is 244 g/mol. The Morgan fingerprint density at radius 2 is 2.56 bits per heavy atom. The predicted molar refractivity (Wildman–Crippen MR) is 77.1 cm³/mol. The molecule has 1 aromatic heterocycles. The first-order chi connectivity index (χ1) is 8.90. The molecule has 0 aliphatic carbocycles. The van der Waals surface area contributed by atoms with Crippen LogP contribution in [0.4, 0.5) is 0 Å². The average Bonchev–Trinajstić information content (AvgIpc) is 2.45. The van der Waals surface area contributed by atoms with Gasteiger partial charge in [-0.1, -0.05) is 13.0 Å². The summed E-state index contributed by atoms with van der Waals surface area (Å²) in [7, 11) is 0. The number of nitrogens with one attached hydrogen (secondary N) is 1. The van der Waals surface area contributed by atoms with Crippen molar-refractivity contribution in [2.75, 3.05) is 24.7 Å². The molecule has 0 saturated carbocycles. The summed E-state index contributed by atoms with van der Waals surface area (Å²) >= 11 is 1.99. The highest BCUT2D eigenvalue weighted by molar-refractivity contribution is 7.99. The van der Waals surface area contributed by atoms with Crippen LogP contribution in [0, 0.1) is 0 Å². The third-order valence-corrected chi connectivity index (χ3v) is 4.15. The molecule has 1 N–H and O–H groups in total. The summed E-state index contributed by atoms with van der Waals surface area (Å²) in [5, 5.41) is 3.62. The molecule has 100 valence electrons. The lowest BCUT2D eigenvalue weighted by Gasteiger charge is -2.31. The van der Waals surface area contributed by atoms with Gasteiger partial charge in [0.25, 0.3) is 0 Å². The normalized spacial score (nSPS) is 21.7. The number of pyridine rings is 1. The number of rotatable bonds is 6. The van der Waals surface area contributed by atoms with E-state index in [1.807, 2.05) is 30.2 Å². The second kappa shape index (κ2) is 7.77. The second-order valence-corrected chi connectivity index (χ2v) is 5.76. The molecule has 1 aliphatic rings. The summed E-state index contributed by atoms with van der Waals surface area (Å²) in [4.78, 5) is 4.19. The van der Waals surface area contributed by atoms with Crippen LogP contribution in [0.15, 0.2) is 24.5 Å². The molecule has 0 aromatic carbocycles. The van der Waals surface area contributed by atoms with Gasteiger partial charge in [0.1, 0.15) is 0 Å². The highest BCUT2D eigenvalue weighted by atomic mass is 32.2. The van der Waals surface area contributed by atoms with E-state index in [4.69, 9.17) is 4.74 Å². The first-order valence-corrected chi connectivity index (χ1v) is 7.87. The quantitative estimate of drug-likeness (QED) is 0.855. The Kier molecular flexibility index (Phi) is 5.97. The molecule has 18 heavy (non-hydrogen) atoms. The molecule has 1 saturated heterocycles. The van der Waals surface area contributed by atoms with E-state index in [1.165, 1.54) is 5.56 Å². The summed E-state index contributed by atoms with van der Waals surface area (Å²) < 4.78 is 5.91. The average molecular weight is 266 g/mol. The minimum absolute atomic E-state index is 0.329. The Morgan fingerprint density at radius 3 is 3.22 bits per heavy atom. The number of ether oxygens (including phenoxy) is 1. The van der Waals surface area contributed by atoms with Gasteiger partial charge in [-0.15, -0.1) is 0 Å². The third-order valence-electron chi connectivity index (χ3n) is 3.13. The zero-order valence-corrected chi connectivity index (χ0v) is 11.8. The SMILES string of the molecule is CCCNC(Cc1cccnc1)C1CSCCO1. The van der Waals surface area contributed by atoms with Gasteiger partial charge < -0.3 is 10.1 Å². The topological polar surface area (TPSA) is 34.2 Å². The number of thioether (sulfide) groups is 1. The van der Waals surface area contributed by atoms with Gasteiger partial charge in [0, 0.05) is 29.9 Å². The lowest BCUT2D eigenvalue weighted by atomic mass is 10.0. The summed E-state index contributed by atoms with van der Waals surface area (Å²) in [5.74, 6) is 2.23. The van der Waals surface area contributed by atoms with Crippen molar-refractivity contribution >= 4 is 11.8 Å².